The second-order valence-electron chi connectivity index (χ2n) is 4.28. The first kappa shape index (κ1) is 11.4. The fourth-order valence-electron chi connectivity index (χ4n) is 0.621. The Morgan fingerprint density at radius 2 is 1.83 bits per heavy atom. The summed E-state index contributed by atoms with van der Waals surface area (Å²) < 4.78 is 0. The average molecular weight is 169 g/mol. The van der Waals surface area contributed by atoms with Gasteiger partial charge in [-0.05, 0) is 20.2 Å². The van der Waals surface area contributed by atoms with Crippen LogP contribution in [0.1, 0.15) is 20.8 Å². The average Bonchev–Trinajstić information content (AvgIpc) is 1.84. The van der Waals surface area contributed by atoms with Crippen LogP contribution in [0.2, 0.25) is 0 Å². The lowest BCUT2D eigenvalue weighted by atomic mass is 9.91. The number of hydrogen-bond acceptors (Lipinski definition) is 2. The monoisotopic (exact) mass is 169 g/mol. The Morgan fingerprint density at radius 1 is 1.33 bits per heavy atom. The third-order valence-corrected chi connectivity index (χ3v) is 1.48. The highest BCUT2D eigenvalue weighted by molar-refractivity contribution is 5.93. The first-order valence-electron chi connectivity index (χ1n) is 4.20. The van der Waals surface area contributed by atoms with Gasteiger partial charge in [0, 0.05) is 12.0 Å². The van der Waals surface area contributed by atoms with Crippen molar-refractivity contribution in [3.8, 4) is 0 Å². The summed E-state index contributed by atoms with van der Waals surface area (Å²) >= 11 is 0. The summed E-state index contributed by atoms with van der Waals surface area (Å²) in [5, 5.41) is 0. The molecule has 0 bridgehead atoms. The van der Waals surface area contributed by atoms with Crippen LogP contribution in [0.3, 0.4) is 0 Å². The molecule has 0 unspecified atom stereocenters. The Bertz CT molecular complexity index is 175. The molecule has 0 atom stereocenters. The van der Waals surface area contributed by atoms with Gasteiger partial charge in [0.1, 0.15) is 0 Å². The van der Waals surface area contributed by atoms with Crippen LogP contribution in [0.25, 0.3) is 0 Å². The third-order valence-electron chi connectivity index (χ3n) is 1.48. The van der Waals surface area contributed by atoms with Crippen molar-refractivity contribution in [2.45, 2.75) is 20.8 Å². The van der Waals surface area contributed by atoms with Gasteiger partial charge < -0.3 is 4.90 Å². The van der Waals surface area contributed by atoms with Crippen LogP contribution >= 0.6 is 0 Å². The lowest BCUT2D eigenvalue weighted by Gasteiger charge is -2.13. The smallest absolute Gasteiger partial charge is 0.160 e. The number of carbonyl (C=O) groups excluding carboxylic acids is 1. The van der Waals surface area contributed by atoms with Crippen LogP contribution in [0, 0.1) is 5.41 Å². The zero-order chi connectivity index (χ0) is 9.78. The highest BCUT2D eigenvalue weighted by Gasteiger charge is 2.17. The van der Waals surface area contributed by atoms with E-state index in [1.165, 1.54) is 0 Å². The maximum atomic E-state index is 11.3. The Hall–Kier alpha value is -0.630. The van der Waals surface area contributed by atoms with Crippen LogP contribution in [-0.4, -0.2) is 31.3 Å². The van der Waals surface area contributed by atoms with Crippen LogP contribution in [0.5, 0.6) is 0 Å². The molecule has 0 N–H and O–H groups in total. The van der Waals surface area contributed by atoms with Gasteiger partial charge in [0.15, 0.2) is 5.78 Å². The van der Waals surface area contributed by atoms with E-state index in [0.717, 1.165) is 6.54 Å². The van der Waals surface area contributed by atoms with E-state index >= 15 is 0 Å². The summed E-state index contributed by atoms with van der Waals surface area (Å²) in [6, 6.07) is 0. The molecule has 0 aromatic heterocycles. The van der Waals surface area contributed by atoms with Gasteiger partial charge in [0.05, 0.1) is 0 Å². The fraction of sp³-hybridized carbons (Fsp3) is 0.700. The van der Waals surface area contributed by atoms with Gasteiger partial charge in [-0.25, -0.2) is 0 Å². The Kier molecular flexibility index (Phi) is 4.18. The van der Waals surface area contributed by atoms with E-state index in [0.29, 0.717) is 0 Å². The molecule has 0 aliphatic carbocycles. The van der Waals surface area contributed by atoms with Crippen molar-refractivity contribution in [1.82, 2.24) is 4.90 Å². The van der Waals surface area contributed by atoms with Crippen molar-refractivity contribution in [3.63, 3.8) is 0 Å². The second kappa shape index (κ2) is 4.41. The lowest BCUT2D eigenvalue weighted by Crippen LogP contribution is -2.18. The minimum atomic E-state index is -0.247. The van der Waals surface area contributed by atoms with E-state index < -0.39 is 0 Å². The Morgan fingerprint density at radius 3 is 2.17 bits per heavy atom. The molecule has 12 heavy (non-hydrogen) atoms. The van der Waals surface area contributed by atoms with E-state index in [-0.39, 0.29) is 11.2 Å². The molecular weight excluding hydrogens is 150 g/mol. The standard InChI is InChI=1S/C10H19NO/c1-10(2,3)9(12)7-6-8-11(4)5/h6-7H,8H2,1-5H3/b7-6+. The molecular formula is C10H19NO. The van der Waals surface area contributed by atoms with Gasteiger partial charge in [-0.15, -0.1) is 0 Å². The number of hydrogen-bond donors (Lipinski definition) is 0. The molecule has 0 rings (SSSR count). The summed E-state index contributed by atoms with van der Waals surface area (Å²) in [6.07, 6.45) is 3.56. The van der Waals surface area contributed by atoms with Gasteiger partial charge in [-0.1, -0.05) is 26.8 Å². The van der Waals surface area contributed by atoms with E-state index in [1.54, 1.807) is 6.08 Å². The summed E-state index contributed by atoms with van der Waals surface area (Å²) in [7, 11) is 3.96. The number of ketones is 1. The predicted octanol–water partition coefficient (Wildman–Crippen LogP) is 1.72. The molecule has 0 saturated carbocycles. The molecule has 0 spiro atoms. The van der Waals surface area contributed by atoms with E-state index in [1.807, 2.05) is 45.8 Å². The molecule has 0 heterocycles. The second-order valence-corrected chi connectivity index (χ2v) is 4.28. The van der Waals surface area contributed by atoms with Crippen molar-refractivity contribution >= 4 is 5.78 Å². The van der Waals surface area contributed by atoms with Crippen molar-refractivity contribution in [2.24, 2.45) is 5.41 Å². The minimum absolute atomic E-state index is 0.185. The quantitative estimate of drug-likeness (QED) is 0.600. The minimum Gasteiger partial charge on any atom is -0.306 e. The molecule has 2 heteroatoms. The highest BCUT2D eigenvalue weighted by atomic mass is 16.1. The lowest BCUT2D eigenvalue weighted by molar-refractivity contribution is -0.121. The van der Waals surface area contributed by atoms with Crippen molar-refractivity contribution in [2.75, 3.05) is 20.6 Å². The fourth-order valence-corrected chi connectivity index (χ4v) is 0.621. The number of nitrogens with zero attached hydrogens (tertiary/aromatic N) is 1. The summed E-state index contributed by atoms with van der Waals surface area (Å²) in [5.74, 6) is 0.185. The van der Waals surface area contributed by atoms with Crippen molar-refractivity contribution < 1.29 is 4.79 Å². The predicted molar refractivity (Wildman–Crippen MR) is 52.2 cm³/mol. The highest BCUT2D eigenvalue weighted by Crippen LogP contribution is 2.14. The van der Waals surface area contributed by atoms with Crippen molar-refractivity contribution in [1.29, 1.82) is 0 Å². The van der Waals surface area contributed by atoms with Crippen LogP contribution in [0.4, 0.5) is 0 Å². The van der Waals surface area contributed by atoms with Gasteiger partial charge >= 0.3 is 0 Å². The van der Waals surface area contributed by atoms with Gasteiger partial charge in [-0.3, -0.25) is 4.79 Å². The van der Waals surface area contributed by atoms with E-state index in [4.69, 9.17) is 0 Å². The number of likely N-dealkylation sites (N-methyl/N-ethyl adjacent to an activating group) is 1. The summed E-state index contributed by atoms with van der Waals surface area (Å²) in [5.41, 5.74) is -0.247. The van der Waals surface area contributed by atoms with Crippen molar-refractivity contribution in [3.05, 3.63) is 12.2 Å². The molecule has 0 amide bonds. The molecule has 0 fully saturated rings. The largest absolute Gasteiger partial charge is 0.306 e. The van der Waals surface area contributed by atoms with Gasteiger partial charge in [0.2, 0.25) is 0 Å². The SMILES string of the molecule is CN(C)C/C=C/C(=O)C(C)(C)C. The Balaban J connectivity index is 3.93. The Labute approximate surface area is 75.3 Å². The van der Waals surface area contributed by atoms with Crippen LogP contribution < -0.4 is 0 Å². The first-order valence-corrected chi connectivity index (χ1v) is 4.20. The van der Waals surface area contributed by atoms with E-state index in [9.17, 15) is 4.79 Å². The third kappa shape index (κ3) is 5.08. The molecule has 0 aromatic carbocycles. The molecule has 0 aromatic rings. The molecule has 2 nitrogen and oxygen atoms in total. The van der Waals surface area contributed by atoms with Crippen LogP contribution in [0.15, 0.2) is 12.2 Å². The molecule has 0 radical (unpaired) electrons. The zero-order valence-electron chi connectivity index (χ0n) is 8.72. The first-order chi connectivity index (χ1) is 5.34. The maximum Gasteiger partial charge on any atom is 0.160 e. The topological polar surface area (TPSA) is 20.3 Å². The molecule has 0 aliphatic heterocycles. The molecule has 0 saturated heterocycles. The molecule has 0 aliphatic rings. The summed E-state index contributed by atoms with van der Waals surface area (Å²) in [6.45, 7) is 6.60. The normalized spacial score (nSPS) is 12.8. The molecule has 70 valence electrons. The van der Waals surface area contributed by atoms with Crippen LogP contribution in [-0.2, 0) is 4.79 Å². The van der Waals surface area contributed by atoms with Gasteiger partial charge in [-0.2, -0.15) is 0 Å². The summed E-state index contributed by atoms with van der Waals surface area (Å²) in [4.78, 5) is 13.4. The van der Waals surface area contributed by atoms with Gasteiger partial charge in [0.25, 0.3) is 0 Å². The number of rotatable bonds is 3. The number of carbonyl (C=O) groups is 1. The maximum absolute atomic E-state index is 11.3. The van der Waals surface area contributed by atoms with E-state index in [2.05, 4.69) is 0 Å². The number of allylic oxidation sites excluding steroid dienone is 1. The zero-order valence-corrected chi connectivity index (χ0v) is 8.72.